The summed E-state index contributed by atoms with van der Waals surface area (Å²) < 4.78 is 0. The minimum atomic E-state index is -0.948. The number of nitrogens with zero attached hydrogens (tertiary/aromatic N) is 1. The zero-order valence-corrected chi connectivity index (χ0v) is 5.53. The maximum Gasteiger partial charge on any atom is 0.353 e. The van der Waals surface area contributed by atoms with Gasteiger partial charge in [-0.1, -0.05) is 0 Å². The molecular formula is C6H8N2O2. The number of hydrogen-bond donors (Lipinski definition) is 2. The first-order valence-electron chi connectivity index (χ1n) is 2.81. The van der Waals surface area contributed by atoms with E-state index >= 15 is 0 Å². The molecule has 1 aliphatic heterocycles. The van der Waals surface area contributed by atoms with Crippen molar-refractivity contribution < 1.29 is 9.90 Å². The van der Waals surface area contributed by atoms with Gasteiger partial charge >= 0.3 is 5.97 Å². The van der Waals surface area contributed by atoms with E-state index < -0.39 is 5.97 Å². The molecule has 0 bridgehead atoms. The number of allylic oxidation sites excluding steroid dienone is 2. The molecule has 0 fully saturated rings. The molecule has 1 rings (SSSR count). The number of nitrogens with one attached hydrogen (secondary N) is 1. The second-order valence-corrected chi connectivity index (χ2v) is 1.95. The summed E-state index contributed by atoms with van der Waals surface area (Å²) in [6.45, 7) is 0. The lowest BCUT2D eigenvalue weighted by Gasteiger charge is -2.19. The topological polar surface area (TPSA) is 52.6 Å². The predicted octanol–water partition coefficient (Wildman–Crippen LogP) is -0.0814. The number of hydrogen-bond acceptors (Lipinski definition) is 3. The van der Waals surface area contributed by atoms with E-state index in [2.05, 4.69) is 5.43 Å². The van der Waals surface area contributed by atoms with Gasteiger partial charge in [-0.05, 0) is 12.2 Å². The summed E-state index contributed by atoms with van der Waals surface area (Å²) >= 11 is 0. The van der Waals surface area contributed by atoms with Gasteiger partial charge in [0.2, 0.25) is 0 Å². The Morgan fingerprint density at radius 3 is 2.90 bits per heavy atom. The fourth-order valence-corrected chi connectivity index (χ4v) is 0.652. The molecule has 4 heteroatoms. The van der Waals surface area contributed by atoms with Gasteiger partial charge in [0.1, 0.15) is 5.70 Å². The molecule has 0 atom stereocenters. The van der Waals surface area contributed by atoms with Crippen molar-refractivity contribution in [3.8, 4) is 0 Å². The quantitative estimate of drug-likeness (QED) is 0.534. The molecule has 1 heterocycles. The molecule has 0 unspecified atom stereocenters. The Hall–Kier alpha value is -1.45. The van der Waals surface area contributed by atoms with E-state index in [1.165, 1.54) is 6.08 Å². The molecule has 0 saturated heterocycles. The van der Waals surface area contributed by atoms with Gasteiger partial charge in [0.15, 0.2) is 0 Å². The van der Waals surface area contributed by atoms with E-state index in [-0.39, 0.29) is 5.70 Å². The summed E-state index contributed by atoms with van der Waals surface area (Å²) in [5.74, 6) is -0.948. The van der Waals surface area contributed by atoms with Crippen LogP contribution in [-0.2, 0) is 4.79 Å². The monoisotopic (exact) mass is 140 g/mol. The average molecular weight is 140 g/mol. The van der Waals surface area contributed by atoms with E-state index in [1.54, 1.807) is 24.3 Å². The number of carbonyl (C=O) groups is 1. The van der Waals surface area contributed by atoms with Gasteiger partial charge in [-0.15, -0.1) is 0 Å². The lowest BCUT2D eigenvalue weighted by molar-refractivity contribution is -0.133. The molecule has 2 N–H and O–H groups in total. The lowest BCUT2D eigenvalue weighted by atomic mass is 10.3. The Labute approximate surface area is 58.4 Å². The number of rotatable bonds is 1. The Balaban J connectivity index is 2.71. The molecule has 10 heavy (non-hydrogen) atoms. The van der Waals surface area contributed by atoms with Gasteiger partial charge in [-0.3, -0.25) is 10.4 Å². The minimum absolute atomic E-state index is 0.185. The molecule has 54 valence electrons. The molecular weight excluding hydrogens is 132 g/mol. The Bertz CT molecular complexity index is 208. The van der Waals surface area contributed by atoms with Gasteiger partial charge in [-0.2, -0.15) is 0 Å². The van der Waals surface area contributed by atoms with E-state index in [0.29, 0.717) is 0 Å². The molecule has 0 aromatic heterocycles. The first-order valence-corrected chi connectivity index (χ1v) is 2.81. The summed E-state index contributed by atoms with van der Waals surface area (Å²) in [5.41, 5.74) is 2.81. The van der Waals surface area contributed by atoms with Crippen molar-refractivity contribution in [3.05, 3.63) is 24.0 Å². The van der Waals surface area contributed by atoms with Gasteiger partial charge in [0, 0.05) is 13.2 Å². The molecule has 0 aromatic rings. The first kappa shape index (κ1) is 6.67. The van der Waals surface area contributed by atoms with Crippen molar-refractivity contribution in [2.24, 2.45) is 0 Å². The van der Waals surface area contributed by atoms with Crippen LogP contribution in [0.15, 0.2) is 24.0 Å². The van der Waals surface area contributed by atoms with Crippen molar-refractivity contribution in [2.75, 3.05) is 7.05 Å². The molecule has 1 aliphatic rings. The highest BCUT2D eigenvalue weighted by atomic mass is 16.4. The van der Waals surface area contributed by atoms with Gasteiger partial charge in [0.05, 0.1) is 0 Å². The summed E-state index contributed by atoms with van der Waals surface area (Å²) in [4.78, 5) is 10.3. The molecule has 0 saturated carbocycles. The smallest absolute Gasteiger partial charge is 0.353 e. The second kappa shape index (κ2) is 2.43. The van der Waals surface area contributed by atoms with Crippen LogP contribution in [0.25, 0.3) is 0 Å². The largest absolute Gasteiger partial charge is 0.477 e. The fraction of sp³-hybridized carbons (Fsp3) is 0.167. The molecule has 0 aromatic carbocycles. The van der Waals surface area contributed by atoms with Crippen LogP contribution < -0.4 is 5.43 Å². The maximum absolute atomic E-state index is 10.3. The Morgan fingerprint density at radius 1 is 1.80 bits per heavy atom. The zero-order valence-electron chi connectivity index (χ0n) is 5.53. The molecule has 0 radical (unpaired) electrons. The maximum atomic E-state index is 10.3. The minimum Gasteiger partial charge on any atom is -0.477 e. The van der Waals surface area contributed by atoms with E-state index in [9.17, 15) is 4.79 Å². The van der Waals surface area contributed by atoms with E-state index in [4.69, 9.17) is 5.11 Å². The lowest BCUT2D eigenvalue weighted by Crippen LogP contribution is -2.33. The van der Waals surface area contributed by atoms with Gasteiger partial charge in [-0.25, -0.2) is 4.79 Å². The van der Waals surface area contributed by atoms with Crippen LogP contribution >= 0.6 is 0 Å². The van der Waals surface area contributed by atoms with Crippen molar-refractivity contribution in [1.82, 2.24) is 10.4 Å². The summed E-state index contributed by atoms with van der Waals surface area (Å²) in [6, 6.07) is 0. The third-order valence-corrected chi connectivity index (χ3v) is 1.10. The van der Waals surface area contributed by atoms with Gasteiger partial charge in [0.25, 0.3) is 0 Å². The number of carboxylic acid groups (broad SMARTS) is 1. The highest BCUT2D eigenvalue weighted by Crippen LogP contribution is 1.97. The summed E-state index contributed by atoms with van der Waals surface area (Å²) in [5, 5.41) is 10.0. The molecule has 0 spiro atoms. The molecule has 0 aliphatic carbocycles. The SMILES string of the molecule is CN1C=CC=C(C(=O)O)N1. The highest BCUT2D eigenvalue weighted by molar-refractivity contribution is 5.86. The molecule has 0 amide bonds. The summed E-state index contributed by atoms with van der Waals surface area (Å²) in [7, 11) is 1.73. The highest BCUT2D eigenvalue weighted by Gasteiger charge is 2.08. The number of carboxylic acids is 1. The van der Waals surface area contributed by atoms with Crippen LogP contribution in [0.3, 0.4) is 0 Å². The summed E-state index contributed by atoms with van der Waals surface area (Å²) in [6.07, 6.45) is 4.90. The van der Waals surface area contributed by atoms with Crippen LogP contribution in [0, 0.1) is 0 Å². The fourth-order valence-electron chi connectivity index (χ4n) is 0.652. The van der Waals surface area contributed by atoms with Crippen LogP contribution in [0.4, 0.5) is 0 Å². The third-order valence-electron chi connectivity index (χ3n) is 1.10. The van der Waals surface area contributed by atoms with Crippen molar-refractivity contribution in [2.45, 2.75) is 0 Å². The van der Waals surface area contributed by atoms with Crippen molar-refractivity contribution in [3.63, 3.8) is 0 Å². The van der Waals surface area contributed by atoms with Crippen molar-refractivity contribution >= 4 is 5.97 Å². The Kier molecular flexibility index (Phi) is 1.62. The van der Waals surface area contributed by atoms with Crippen LogP contribution in [0.2, 0.25) is 0 Å². The zero-order chi connectivity index (χ0) is 7.56. The second-order valence-electron chi connectivity index (χ2n) is 1.95. The van der Waals surface area contributed by atoms with Crippen LogP contribution in [0.1, 0.15) is 0 Å². The average Bonchev–Trinajstić information content (AvgIpc) is 1.88. The number of hydrazine groups is 1. The van der Waals surface area contributed by atoms with E-state index in [0.717, 1.165) is 0 Å². The normalized spacial score (nSPS) is 16.1. The molecule has 4 nitrogen and oxygen atoms in total. The van der Waals surface area contributed by atoms with Gasteiger partial charge < -0.3 is 5.11 Å². The Morgan fingerprint density at radius 2 is 2.50 bits per heavy atom. The standard InChI is InChI=1S/C6H8N2O2/c1-8-4-2-3-5(7-8)6(9)10/h2-4,7H,1H3,(H,9,10). The predicted molar refractivity (Wildman–Crippen MR) is 35.8 cm³/mol. The van der Waals surface area contributed by atoms with Crippen LogP contribution in [0.5, 0.6) is 0 Å². The van der Waals surface area contributed by atoms with Crippen LogP contribution in [-0.4, -0.2) is 23.1 Å². The van der Waals surface area contributed by atoms with Crippen molar-refractivity contribution in [1.29, 1.82) is 0 Å². The first-order chi connectivity index (χ1) is 4.70. The number of aliphatic carboxylic acids is 1. The third kappa shape index (κ3) is 1.28. The van der Waals surface area contributed by atoms with E-state index in [1.807, 2.05) is 0 Å².